The Balaban J connectivity index is 2.25. The van der Waals surface area contributed by atoms with Gasteiger partial charge in [-0.1, -0.05) is 26.0 Å². The van der Waals surface area contributed by atoms with Crippen LogP contribution in [-0.4, -0.2) is 11.1 Å². The van der Waals surface area contributed by atoms with Crippen LogP contribution in [-0.2, 0) is 11.0 Å². The molecule has 0 radical (unpaired) electrons. The van der Waals surface area contributed by atoms with Crippen LogP contribution in [0.3, 0.4) is 0 Å². The smallest absolute Gasteiger partial charge is 0.416 e. The van der Waals surface area contributed by atoms with Gasteiger partial charge in [0.1, 0.15) is 0 Å². The van der Waals surface area contributed by atoms with Gasteiger partial charge in [0.05, 0.1) is 11.5 Å². The molecule has 0 spiro atoms. The first-order chi connectivity index (χ1) is 8.15. The molecule has 2 atom stereocenters. The normalized spacial score (nSPS) is 25.8. The monoisotopic (exact) mass is 258 g/mol. The summed E-state index contributed by atoms with van der Waals surface area (Å²) in [7, 11) is 0. The molecule has 1 aliphatic rings. The predicted molar refractivity (Wildman–Crippen MR) is 59.1 cm³/mol. The minimum atomic E-state index is -4.36. The third-order valence-corrected chi connectivity index (χ3v) is 3.69. The highest BCUT2D eigenvalue weighted by Gasteiger charge is 2.62. The molecule has 0 bridgehead atoms. The molecule has 5 heteroatoms. The number of carboxylic acids is 1. The summed E-state index contributed by atoms with van der Waals surface area (Å²) in [5.74, 6) is -1.63. The minimum Gasteiger partial charge on any atom is -0.481 e. The summed E-state index contributed by atoms with van der Waals surface area (Å²) < 4.78 is 37.2. The van der Waals surface area contributed by atoms with Crippen LogP contribution < -0.4 is 0 Å². The van der Waals surface area contributed by atoms with Gasteiger partial charge in [0.25, 0.3) is 0 Å². The maximum absolute atomic E-state index is 12.4. The molecule has 0 aromatic heterocycles. The SMILES string of the molecule is CC1(C)[C@@H](C(=O)O)[C@@H]1c1ccc(C(F)(F)F)cc1. The van der Waals surface area contributed by atoms with E-state index in [1.165, 1.54) is 12.1 Å². The lowest BCUT2D eigenvalue weighted by atomic mass is 10.0. The van der Waals surface area contributed by atoms with Crippen LogP contribution in [0.25, 0.3) is 0 Å². The van der Waals surface area contributed by atoms with Crippen molar-refractivity contribution in [2.24, 2.45) is 11.3 Å². The van der Waals surface area contributed by atoms with Gasteiger partial charge in [-0.25, -0.2) is 0 Å². The molecule has 1 fully saturated rings. The average molecular weight is 258 g/mol. The summed E-state index contributed by atoms with van der Waals surface area (Å²) in [4.78, 5) is 11.0. The summed E-state index contributed by atoms with van der Waals surface area (Å²) in [5.41, 5.74) is -0.456. The summed E-state index contributed by atoms with van der Waals surface area (Å²) in [6.45, 7) is 3.63. The summed E-state index contributed by atoms with van der Waals surface area (Å²) >= 11 is 0. The van der Waals surface area contributed by atoms with Gasteiger partial charge in [0, 0.05) is 5.92 Å². The molecule has 0 aliphatic heterocycles. The number of alkyl halides is 3. The van der Waals surface area contributed by atoms with Crippen LogP contribution in [0, 0.1) is 11.3 Å². The maximum Gasteiger partial charge on any atom is 0.416 e. The lowest BCUT2D eigenvalue weighted by Gasteiger charge is -2.08. The van der Waals surface area contributed by atoms with Crippen LogP contribution in [0.5, 0.6) is 0 Å². The predicted octanol–water partition coefficient (Wildman–Crippen LogP) is 3.53. The lowest BCUT2D eigenvalue weighted by molar-refractivity contribution is -0.139. The van der Waals surface area contributed by atoms with Gasteiger partial charge in [-0.2, -0.15) is 13.2 Å². The molecule has 0 saturated heterocycles. The second kappa shape index (κ2) is 3.73. The summed E-state index contributed by atoms with van der Waals surface area (Å²) in [5, 5.41) is 9.02. The van der Waals surface area contributed by atoms with Crippen molar-refractivity contribution in [3.8, 4) is 0 Å². The van der Waals surface area contributed by atoms with Gasteiger partial charge in [0.2, 0.25) is 0 Å². The Hall–Kier alpha value is -1.52. The van der Waals surface area contributed by atoms with E-state index < -0.39 is 29.0 Å². The molecular formula is C13H13F3O2. The number of hydrogen-bond acceptors (Lipinski definition) is 1. The lowest BCUT2D eigenvalue weighted by Crippen LogP contribution is -2.04. The third-order valence-electron chi connectivity index (χ3n) is 3.69. The Kier molecular flexibility index (Phi) is 2.68. The molecule has 0 unspecified atom stereocenters. The second-order valence-corrected chi connectivity index (χ2v) is 5.23. The number of halogens is 3. The van der Waals surface area contributed by atoms with Crippen molar-refractivity contribution in [1.82, 2.24) is 0 Å². The molecule has 0 heterocycles. The highest BCUT2D eigenvalue weighted by molar-refractivity contribution is 5.77. The molecule has 0 amide bonds. The number of carbonyl (C=O) groups is 1. The van der Waals surface area contributed by atoms with E-state index in [9.17, 15) is 18.0 Å². The first kappa shape index (κ1) is 12.9. The fourth-order valence-corrected chi connectivity index (χ4v) is 2.60. The zero-order valence-electron chi connectivity index (χ0n) is 9.95. The topological polar surface area (TPSA) is 37.3 Å². The van der Waals surface area contributed by atoms with Gasteiger partial charge in [-0.15, -0.1) is 0 Å². The standard InChI is InChI=1S/C13H13F3O2/c1-12(2)9(10(12)11(17)18)7-3-5-8(6-4-7)13(14,15)16/h3-6,9-10H,1-2H3,(H,17,18)/t9-,10+/m0/s1. The summed E-state index contributed by atoms with van der Waals surface area (Å²) in [6.07, 6.45) is -4.36. The van der Waals surface area contributed by atoms with Gasteiger partial charge in [-0.3, -0.25) is 4.79 Å². The van der Waals surface area contributed by atoms with Gasteiger partial charge < -0.3 is 5.11 Å². The number of hydrogen-bond donors (Lipinski definition) is 1. The van der Waals surface area contributed by atoms with Crippen LogP contribution in [0.2, 0.25) is 0 Å². The van der Waals surface area contributed by atoms with E-state index in [4.69, 9.17) is 5.11 Å². The van der Waals surface area contributed by atoms with Crippen molar-refractivity contribution < 1.29 is 23.1 Å². The van der Waals surface area contributed by atoms with Crippen LogP contribution >= 0.6 is 0 Å². The average Bonchev–Trinajstić information content (AvgIpc) is 2.80. The van der Waals surface area contributed by atoms with Crippen LogP contribution in [0.1, 0.15) is 30.9 Å². The highest BCUT2D eigenvalue weighted by Crippen LogP contribution is 2.64. The molecule has 1 N–H and O–H groups in total. The van der Waals surface area contributed by atoms with Crippen molar-refractivity contribution in [3.05, 3.63) is 35.4 Å². The first-order valence-corrected chi connectivity index (χ1v) is 5.55. The van der Waals surface area contributed by atoms with Crippen molar-refractivity contribution in [2.75, 3.05) is 0 Å². The van der Waals surface area contributed by atoms with Gasteiger partial charge in [-0.05, 0) is 23.1 Å². The van der Waals surface area contributed by atoms with Gasteiger partial charge in [0.15, 0.2) is 0 Å². The van der Waals surface area contributed by atoms with E-state index >= 15 is 0 Å². The largest absolute Gasteiger partial charge is 0.481 e. The van der Waals surface area contributed by atoms with Crippen molar-refractivity contribution >= 4 is 5.97 Å². The Labute approximate surface area is 102 Å². The fourth-order valence-electron chi connectivity index (χ4n) is 2.60. The maximum atomic E-state index is 12.4. The third kappa shape index (κ3) is 1.98. The van der Waals surface area contributed by atoms with Gasteiger partial charge >= 0.3 is 12.1 Å². The molecule has 1 saturated carbocycles. The zero-order valence-corrected chi connectivity index (χ0v) is 9.95. The molecule has 1 aromatic carbocycles. The fraction of sp³-hybridized carbons (Fsp3) is 0.462. The Bertz CT molecular complexity index is 474. The number of aliphatic carboxylic acids is 1. The molecule has 2 nitrogen and oxygen atoms in total. The zero-order chi connectivity index (χ0) is 13.7. The van der Waals surface area contributed by atoms with Crippen LogP contribution in [0.15, 0.2) is 24.3 Å². The Morgan fingerprint density at radius 1 is 1.22 bits per heavy atom. The quantitative estimate of drug-likeness (QED) is 0.881. The minimum absolute atomic E-state index is 0.211. The van der Waals surface area contributed by atoms with E-state index in [0.29, 0.717) is 5.56 Å². The van der Waals surface area contributed by atoms with Crippen molar-refractivity contribution in [1.29, 1.82) is 0 Å². The molecule has 98 valence electrons. The Morgan fingerprint density at radius 2 is 1.72 bits per heavy atom. The van der Waals surface area contributed by atoms with E-state index in [2.05, 4.69) is 0 Å². The second-order valence-electron chi connectivity index (χ2n) is 5.23. The summed E-state index contributed by atoms with van der Waals surface area (Å²) in [6, 6.07) is 4.75. The molecular weight excluding hydrogens is 245 g/mol. The van der Waals surface area contributed by atoms with E-state index in [1.54, 1.807) is 0 Å². The van der Waals surface area contributed by atoms with E-state index in [0.717, 1.165) is 12.1 Å². The first-order valence-electron chi connectivity index (χ1n) is 5.55. The van der Waals surface area contributed by atoms with E-state index in [1.807, 2.05) is 13.8 Å². The highest BCUT2D eigenvalue weighted by atomic mass is 19.4. The number of rotatable bonds is 2. The number of carboxylic acid groups (broad SMARTS) is 1. The van der Waals surface area contributed by atoms with Crippen LogP contribution in [0.4, 0.5) is 13.2 Å². The van der Waals surface area contributed by atoms with Crippen molar-refractivity contribution in [3.63, 3.8) is 0 Å². The molecule has 1 aliphatic carbocycles. The Morgan fingerprint density at radius 3 is 2.06 bits per heavy atom. The molecule has 18 heavy (non-hydrogen) atoms. The molecule has 2 rings (SSSR count). The van der Waals surface area contributed by atoms with E-state index in [-0.39, 0.29) is 5.92 Å². The number of benzene rings is 1. The molecule has 1 aromatic rings. The van der Waals surface area contributed by atoms with Crippen molar-refractivity contribution in [2.45, 2.75) is 25.9 Å².